The highest BCUT2D eigenvalue weighted by Gasteiger charge is 2.22. The molecule has 0 aromatic carbocycles. The molecule has 0 aliphatic carbocycles. The Morgan fingerprint density at radius 1 is 1.53 bits per heavy atom. The van der Waals surface area contributed by atoms with Crippen LogP contribution in [0.4, 0.5) is 4.39 Å². The molecule has 106 valence electrons. The first kappa shape index (κ1) is 14.4. The lowest BCUT2D eigenvalue weighted by atomic mass is 10.0. The monoisotopic (exact) mass is 266 g/mol. The Morgan fingerprint density at radius 3 is 3.05 bits per heavy atom. The van der Waals surface area contributed by atoms with Crippen LogP contribution in [-0.2, 0) is 0 Å². The summed E-state index contributed by atoms with van der Waals surface area (Å²) in [5.41, 5.74) is 0.561. The summed E-state index contributed by atoms with van der Waals surface area (Å²) >= 11 is 0. The number of nitrogens with zero attached hydrogens (tertiary/aromatic N) is 2. The Hall–Kier alpha value is -1.00. The molecular formula is C15H23FN2O. The topological polar surface area (TPSA) is 36.4 Å². The van der Waals surface area contributed by atoms with Crippen molar-refractivity contribution < 1.29 is 9.50 Å². The molecule has 0 bridgehead atoms. The Labute approximate surface area is 114 Å². The van der Waals surface area contributed by atoms with Crippen LogP contribution in [0.3, 0.4) is 0 Å². The normalized spacial score (nSPS) is 21.7. The van der Waals surface area contributed by atoms with Gasteiger partial charge in [-0.25, -0.2) is 4.39 Å². The Balaban J connectivity index is 1.75. The lowest BCUT2D eigenvalue weighted by Gasteiger charge is -2.18. The van der Waals surface area contributed by atoms with Gasteiger partial charge < -0.3 is 10.0 Å². The second-order valence-electron chi connectivity index (χ2n) is 5.45. The highest BCUT2D eigenvalue weighted by Crippen LogP contribution is 2.22. The summed E-state index contributed by atoms with van der Waals surface area (Å²) in [5.74, 6) is 0.462. The molecule has 1 aromatic heterocycles. The molecule has 1 saturated heterocycles. The number of hydrogen-bond acceptors (Lipinski definition) is 3. The zero-order valence-electron chi connectivity index (χ0n) is 11.6. The van der Waals surface area contributed by atoms with E-state index in [0.29, 0.717) is 12.1 Å². The van der Waals surface area contributed by atoms with Crippen LogP contribution in [0.5, 0.6) is 0 Å². The first-order chi connectivity index (χ1) is 9.19. The third-order valence-corrected chi connectivity index (χ3v) is 3.88. The zero-order chi connectivity index (χ0) is 13.7. The minimum Gasteiger partial charge on any atom is -0.387 e. The molecule has 1 aromatic rings. The van der Waals surface area contributed by atoms with Crippen molar-refractivity contribution in [2.24, 2.45) is 5.92 Å². The molecule has 0 radical (unpaired) electrons. The highest BCUT2D eigenvalue weighted by molar-refractivity contribution is 5.07. The summed E-state index contributed by atoms with van der Waals surface area (Å²) in [6, 6.07) is 2.91. The van der Waals surface area contributed by atoms with Gasteiger partial charge in [0.05, 0.1) is 18.0 Å². The lowest BCUT2D eigenvalue weighted by molar-refractivity contribution is 0.143. The minimum atomic E-state index is -0.592. The summed E-state index contributed by atoms with van der Waals surface area (Å²) < 4.78 is 12.7. The first-order valence-corrected chi connectivity index (χ1v) is 7.21. The number of aromatic nitrogens is 1. The molecule has 19 heavy (non-hydrogen) atoms. The molecule has 2 rings (SSSR count). The van der Waals surface area contributed by atoms with E-state index in [0.717, 1.165) is 31.7 Å². The van der Waals surface area contributed by atoms with Crippen molar-refractivity contribution in [3.8, 4) is 0 Å². The number of aliphatic hydroxyl groups is 1. The van der Waals surface area contributed by atoms with Gasteiger partial charge >= 0.3 is 0 Å². The maximum Gasteiger partial charge on any atom is 0.141 e. The third kappa shape index (κ3) is 4.25. The smallest absolute Gasteiger partial charge is 0.141 e. The van der Waals surface area contributed by atoms with E-state index in [9.17, 15) is 9.50 Å². The quantitative estimate of drug-likeness (QED) is 0.860. The lowest BCUT2D eigenvalue weighted by Crippen LogP contribution is -2.23. The van der Waals surface area contributed by atoms with Crippen LogP contribution in [0.25, 0.3) is 0 Å². The van der Waals surface area contributed by atoms with E-state index in [1.807, 2.05) is 0 Å². The number of halogens is 1. The SMILES string of the molecule is CCCC1CCN(CCC(O)c2ccc(F)cn2)C1. The molecule has 1 N–H and O–H groups in total. The fraction of sp³-hybridized carbons (Fsp3) is 0.667. The fourth-order valence-electron chi connectivity index (χ4n) is 2.80. The van der Waals surface area contributed by atoms with E-state index in [4.69, 9.17) is 0 Å². The summed E-state index contributed by atoms with van der Waals surface area (Å²) in [4.78, 5) is 6.33. The molecule has 1 fully saturated rings. The molecular weight excluding hydrogens is 243 g/mol. The zero-order valence-corrected chi connectivity index (χ0v) is 11.6. The standard InChI is InChI=1S/C15H23FN2O/c1-2-3-12-6-8-18(11-12)9-7-15(19)14-5-4-13(16)10-17-14/h4-5,10,12,15,19H,2-3,6-9,11H2,1H3. The number of pyridine rings is 1. The van der Waals surface area contributed by atoms with Crippen LogP contribution in [0, 0.1) is 11.7 Å². The van der Waals surface area contributed by atoms with E-state index in [2.05, 4.69) is 16.8 Å². The van der Waals surface area contributed by atoms with Gasteiger partial charge in [0.25, 0.3) is 0 Å². The minimum absolute atomic E-state index is 0.363. The molecule has 1 aliphatic rings. The molecule has 0 spiro atoms. The van der Waals surface area contributed by atoms with Crippen molar-refractivity contribution in [2.75, 3.05) is 19.6 Å². The molecule has 0 saturated carbocycles. The van der Waals surface area contributed by atoms with Gasteiger partial charge in [0.15, 0.2) is 0 Å². The average molecular weight is 266 g/mol. The van der Waals surface area contributed by atoms with E-state index >= 15 is 0 Å². The molecule has 0 amide bonds. The molecule has 1 aliphatic heterocycles. The van der Waals surface area contributed by atoms with E-state index in [1.54, 1.807) is 6.07 Å². The van der Waals surface area contributed by atoms with Crippen molar-refractivity contribution in [2.45, 2.75) is 38.7 Å². The van der Waals surface area contributed by atoms with Gasteiger partial charge in [0, 0.05) is 13.1 Å². The predicted octanol–water partition coefficient (Wildman–Crippen LogP) is 2.77. The molecule has 4 heteroatoms. The highest BCUT2D eigenvalue weighted by atomic mass is 19.1. The predicted molar refractivity (Wildman–Crippen MR) is 73.2 cm³/mol. The fourth-order valence-corrected chi connectivity index (χ4v) is 2.80. The second kappa shape index (κ2) is 6.96. The Bertz CT molecular complexity index is 382. The summed E-state index contributed by atoms with van der Waals surface area (Å²) in [7, 11) is 0. The van der Waals surface area contributed by atoms with Gasteiger partial charge in [-0.3, -0.25) is 4.98 Å². The van der Waals surface area contributed by atoms with Crippen molar-refractivity contribution in [3.05, 3.63) is 29.8 Å². The third-order valence-electron chi connectivity index (χ3n) is 3.88. The van der Waals surface area contributed by atoms with E-state index in [1.165, 1.54) is 25.3 Å². The van der Waals surface area contributed by atoms with Gasteiger partial charge in [-0.15, -0.1) is 0 Å². The summed E-state index contributed by atoms with van der Waals surface area (Å²) in [5, 5.41) is 10.0. The summed E-state index contributed by atoms with van der Waals surface area (Å²) in [6.07, 6.45) is 5.06. The Morgan fingerprint density at radius 2 is 2.37 bits per heavy atom. The van der Waals surface area contributed by atoms with Crippen LogP contribution in [-0.4, -0.2) is 34.6 Å². The van der Waals surface area contributed by atoms with E-state index < -0.39 is 6.10 Å². The van der Waals surface area contributed by atoms with Crippen LogP contribution in [0.1, 0.15) is 44.4 Å². The second-order valence-corrected chi connectivity index (χ2v) is 5.45. The van der Waals surface area contributed by atoms with Gasteiger partial charge in [-0.1, -0.05) is 13.3 Å². The van der Waals surface area contributed by atoms with Crippen LogP contribution in [0.2, 0.25) is 0 Å². The number of rotatable bonds is 6. The average Bonchev–Trinajstić information content (AvgIpc) is 2.85. The van der Waals surface area contributed by atoms with Gasteiger partial charge in [-0.05, 0) is 43.9 Å². The largest absolute Gasteiger partial charge is 0.387 e. The van der Waals surface area contributed by atoms with Crippen molar-refractivity contribution >= 4 is 0 Å². The van der Waals surface area contributed by atoms with Crippen LogP contribution in [0.15, 0.2) is 18.3 Å². The van der Waals surface area contributed by atoms with Gasteiger partial charge in [-0.2, -0.15) is 0 Å². The number of hydrogen-bond donors (Lipinski definition) is 1. The maximum absolute atomic E-state index is 12.7. The first-order valence-electron chi connectivity index (χ1n) is 7.21. The van der Waals surface area contributed by atoms with Crippen molar-refractivity contribution in [1.29, 1.82) is 0 Å². The van der Waals surface area contributed by atoms with Crippen LogP contribution >= 0.6 is 0 Å². The van der Waals surface area contributed by atoms with E-state index in [-0.39, 0.29) is 5.82 Å². The number of likely N-dealkylation sites (tertiary alicyclic amines) is 1. The summed E-state index contributed by atoms with van der Waals surface area (Å²) in [6.45, 7) is 5.40. The van der Waals surface area contributed by atoms with Crippen molar-refractivity contribution in [3.63, 3.8) is 0 Å². The molecule has 3 nitrogen and oxygen atoms in total. The Kier molecular flexibility index (Phi) is 5.28. The molecule has 2 unspecified atom stereocenters. The molecule has 2 atom stereocenters. The number of aliphatic hydroxyl groups excluding tert-OH is 1. The van der Waals surface area contributed by atoms with Gasteiger partial charge in [0.1, 0.15) is 5.82 Å². The molecule has 2 heterocycles. The maximum atomic E-state index is 12.7. The van der Waals surface area contributed by atoms with Crippen molar-refractivity contribution in [1.82, 2.24) is 9.88 Å². The van der Waals surface area contributed by atoms with Gasteiger partial charge in [0.2, 0.25) is 0 Å². The van der Waals surface area contributed by atoms with Crippen LogP contribution < -0.4 is 0 Å².